The number of piperidine rings is 1. The maximum absolute atomic E-state index is 4.46. The molecule has 0 unspecified atom stereocenters. The third kappa shape index (κ3) is 3.57. The largest absolute Gasteiger partial charge is 0.347 e. The van der Waals surface area contributed by atoms with Crippen LogP contribution in [0.3, 0.4) is 0 Å². The highest BCUT2D eigenvalue weighted by Gasteiger charge is 2.22. The molecule has 3 rings (SSSR count). The molecule has 1 aliphatic rings. The number of aromatic nitrogens is 4. The first-order chi connectivity index (χ1) is 10.7. The fourth-order valence-electron chi connectivity index (χ4n) is 2.88. The highest BCUT2D eigenvalue weighted by atomic mass is 15.2. The molecule has 2 aromatic heterocycles. The Labute approximate surface area is 131 Å². The van der Waals surface area contributed by atoms with Crippen LogP contribution in [0, 0.1) is 0 Å². The molecule has 0 bridgehead atoms. The fraction of sp³-hybridized carbons (Fsp3) is 0.500. The van der Waals surface area contributed by atoms with Gasteiger partial charge in [0.15, 0.2) is 0 Å². The Bertz CT molecular complexity index is 583. The maximum Gasteiger partial charge on any atom is 0.224 e. The zero-order valence-electron chi connectivity index (χ0n) is 13.2. The van der Waals surface area contributed by atoms with E-state index in [1.54, 1.807) is 12.4 Å². The number of hydrogen-bond donors (Lipinski definition) is 0. The minimum Gasteiger partial charge on any atom is -0.347 e. The van der Waals surface area contributed by atoms with Crippen LogP contribution < -0.4 is 4.90 Å². The van der Waals surface area contributed by atoms with Gasteiger partial charge in [-0.1, -0.05) is 0 Å². The van der Waals surface area contributed by atoms with E-state index < -0.39 is 0 Å². The van der Waals surface area contributed by atoms with Crippen LogP contribution in [0.2, 0.25) is 0 Å². The third-order valence-electron chi connectivity index (χ3n) is 4.00. The van der Waals surface area contributed by atoms with Gasteiger partial charge in [-0.15, -0.1) is 0 Å². The van der Waals surface area contributed by atoms with Gasteiger partial charge in [-0.3, -0.25) is 14.9 Å². The molecule has 1 aliphatic heterocycles. The number of hydrogen-bond acceptors (Lipinski definition) is 6. The second kappa shape index (κ2) is 6.79. The summed E-state index contributed by atoms with van der Waals surface area (Å²) in [5.41, 5.74) is 2.26. The highest BCUT2D eigenvalue weighted by Crippen LogP contribution is 2.25. The Kier molecular flexibility index (Phi) is 4.58. The summed E-state index contributed by atoms with van der Waals surface area (Å²) in [6, 6.07) is 0. The number of rotatable bonds is 4. The average Bonchev–Trinajstić information content (AvgIpc) is 2.56. The molecule has 6 heteroatoms. The first kappa shape index (κ1) is 14.8. The van der Waals surface area contributed by atoms with Gasteiger partial charge in [-0.25, -0.2) is 9.97 Å². The average molecular weight is 298 g/mol. The second-order valence-electron chi connectivity index (χ2n) is 5.99. The van der Waals surface area contributed by atoms with Gasteiger partial charge < -0.3 is 4.90 Å². The molecule has 0 aliphatic carbocycles. The van der Waals surface area contributed by atoms with Crippen LogP contribution in [0.4, 0.5) is 5.95 Å². The molecular weight excluding hydrogens is 276 g/mol. The lowest BCUT2D eigenvalue weighted by molar-refractivity contribution is 0.198. The summed E-state index contributed by atoms with van der Waals surface area (Å²) >= 11 is 0. The monoisotopic (exact) mass is 298 g/mol. The van der Waals surface area contributed by atoms with Crippen LogP contribution in [-0.4, -0.2) is 52.0 Å². The Balaban J connectivity index is 1.63. The third-order valence-corrected chi connectivity index (χ3v) is 4.00. The molecule has 0 aromatic carbocycles. The zero-order chi connectivity index (χ0) is 15.4. The van der Waals surface area contributed by atoms with Gasteiger partial charge in [-0.05, 0) is 19.4 Å². The normalized spacial score (nSPS) is 19.1. The van der Waals surface area contributed by atoms with Crippen molar-refractivity contribution in [2.45, 2.75) is 25.3 Å². The molecular formula is C16H22N6. The van der Waals surface area contributed by atoms with Crippen molar-refractivity contribution in [2.75, 3.05) is 32.1 Å². The van der Waals surface area contributed by atoms with E-state index >= 15 is 0 Å². The molecule has 1 fully saturated rings. The van der Waals surface area contributed by atoms with E-state index in [-0.39, 0.29) is 0 Å². The standard InChI is InChI=1S/C16H22N6/c1-21(2)16-19-8-13(9-20-16)11-22-7-3-4-14(12-22)15-10-17-5-6-18-15/h5-6,8-10,14H,3-4,7,11-12H2,1-2H3/t14-/m1/s1. The van der Waals surface area contributed by atoms with Crippen molar-refractivity contribution in [3.05, 3.63) is 42.2 Å². The van der Waals surface area contributed by atoms with Crippen LogP contribution >= 0.6 is 0 Å². The van der Waals surface area contributed by atoms with Crippen molar-refractivity contribution in [2.24, 2.45) is 0 Å². The smallest absolute Gasteiger partial charge is 0.224 e. The van der Waals surface area contributed by atoms with Gasteiger partial charge in [0.25, 0.3) is 0 Å². The summed E-state index contributed by atoms with van der Waals surface area (Å²) in [5.74, 6) is 1.23. The lowest BCUT2D eigenvalue weighted by Gasteiger charge is -2.32. The second-order valence-corrected chi connectivity index (χ2v) is 5.99. The van der Waals surface area contributed by atoms with Crippen LogP contribution in [0.15, 0.2) is 31.0 Å². The van der Waals surface area contributed by atoms with Crippen molar-refractivity contribution >= 4 is 5.95 Å². The maximum atomic E-state index is 4.46. The van der Waals surface area contributed by atoms with Crippen molar-refractivity contribution in [3.63, 3.8) is 0 Å². The first-order valence-electron chi connectivity index (χ1n) is 7.69. The molecule has 0 spiro atoms. The summed E-state index contributed by atoms with van der Waals surface area (Å²) in [7, 11) is 3.90. The van der Waals surface area contributed by atoms with Gasteiger partial charge in [-0.2, -0.15) is 0 Å². The predicted molar refractivity (Wildman–Crippen MR) is 85.6 cm³/mol. The van der Waals surface area contributed by atoms with Crippen LogP contribution in [0.1, 0.15) is 30.0 Å². The molecule has 0 amide bonds. The van der Waals surface area contributed by atoms with Crippen LogP contribution in [-0.2, 0) is 6.54 Å². The number of anilines is 1. The van der Waals surface area contributed by atoms with E-state index in [1.807, 2.05) is 37.6 Å². The van der Waals surface area contributed by atoms with Crippen LogP contribution in [0.25, 0.3) is 0 Å². The molecule has 1 atom stereocenters. The molecule has 1 saturated heterocycles. The molecule has 0 N–H and O–H groups in total. The first-order valence-corrected chi connectivity index (χ1v) is 7.69. The van der Waals surface area contributed by atoms with Gasteiger partial charge in [0, 0.05) is 69.7 Å². The fourth-order valence-corrected chi connectivity index (χ4v) is 2.88. The molecule has 6 nitrogen and oxygen atoms in total. The molecule has 2 aromatic rings. The summed E-state index contributed by atoms with van der Waals surface area (Å²) in [6.07, 6.45) is 11.6. The van der Waals surface area contributed by atoms with E-state index in [1.165, 1.54) is 12.8 Å². The Hall–Kier alpha value is -2.08. The lowest BCUT2D eigenvalue weighted by atomic mass is 9.95. The lowest BCUT2D eigenvalue weighted by Crippen LogP contribution is -2.34. The summed E-state index contributed by atoms with van der Waals surface area (Å²) < 4.78 is 0. The van der Waals surface area contributed by atoms with Gasteiger partial charge >= 0.3 is 0 Å². The van der Waals surface area contributed by atoms with E-state index in [9.17, 15) is 0 Å². The van der Waals surface area contributed by atoms with Gasteiger partial charge in [0.1, 0.15) is 0 Å². The van der Waals surface area contributed by atoms with Crippen molar-refractivity contribution < 1.29 is 0 Å². The molecule has 3 heterocycles. The molecule has 0 radical (unpaired) electrons. The molecule has 0 saturated carbocycles. The quantitative estimate of drug-likeness (QED) is 0.856. The minimum atomic E-state index is 0.476. The number of nitrogens with zero attached hydrogens (tertiary/aromatic N) is 6. The van der Waals surface area contributed by atoms with Crippen LogP contribution in [0.5, 0.6) is 0 Å². The summed E-state index contributed by atoms with van der Waals surface area (Å²) in [5, 5.41) is 0. The highest BCUT2D eigenvalue weighted by molar-refractivity contribution is 5.26. The Morgan fingerprint density at radius 1 is 1.14 bits per heavy atom. The minimum absolute atomic E-state index is 0.476. The van der Waals surface area contributed by atoms with E-state index in [2.05, 4.69) is 24.8 Å². The summed E-state index contributed by atoms with van der Waals surface area (Å²) in [6.45, 7) is 3.03. The van der Waals surface area contributed by atoms with Crippen molar-refractivity contribution in [1.29, 1.82) is 0 Å². The van der Waals surface area contributed by atoms with Gasteiger partial charge in [0.2, 0.25) is 5.95 Å². The summed E-state index contributed by atoms with van der Waals surface area (Å²) in [4.78, 5) is 21.8. The molecule has 22 heavy (non-hydrogen) atoms. The Morgan fingerprint density at radius 3 is 2.64 bits per heavy atom. The number of likely N-dealkylation sites (tertiary alicyclic amines) is 1. The molecule has 116 valence electrons. The van der Waals surface area contributed by atoms with E-state index in [0.717, 1.165) is 36.8 Å². The van der Waals surface area contributed by atoms with Gasteiger partial charge in [0.05, 0.1) is 5.69 Å². The van der Waals surface area contributed by atoms with Crippen molar-refractivity contribution in [3.8, 4) is 0 Å². The predicted octanol–water partition coefficient (Wildman–Crippen LogP) is 1.71. The SMILES string of the molecule is CN(C)c1ncc(CN2CCC[C@@H](c3cnccn3)C2)cn1. The van der Waals surface area contributed by atoms with E-state index in [4.69, 9.17) is 0 Å². The van der Waals surface area contributed by atoms with Crippen molar-refractivity contribution in [1.82, 2.24) is 24.8 Å². The Morgan fingerprint density at radius 2 is 1.95 bits per heavy atom. The topological polar surface area (TPSA) is 58.0 Å². The zero-order valence-corrected chi connectivity index (χ0v) is 13.2. The van der Waals surface area contributed by atoms with E-state index in [0.29, 0.717) is 5.92 Å².